The molecule has 4 fully saturated rings. The summed E-state index contributed by atoms with van der Waals surface area (Å²) in [7, 11) is 2.33. The fourth-order valence-electron chi connectivity index (χ4n) is 6.08. The molecule has 0 N–H and O–H groups in total. The van der Waals surface area contributed by atoms with Gasteiger partial charge in [0.1, 0.15) is 5.01 Å². The standard InChI is InChI=1S/C21H25ClN2S/c1-24(21-9-14-6-15(10-21)8-16(7-14)11-21)12-17-13-25-20(23-17)18-4-2-3-5-19(18)22/h2-5,13-16H,6-12H2,1H3. The molecule has 1 aromatic heterocycles. The number of halogens is 1. The second kappa shape index (κ2) is 6.07. The molecule has 2 aromatic rings. The maximum atomic E-state index is 6.34. The Morgan fingerprint density at radius 2 is 1.76 bits per heavy atom. The summed E-state index contributed by atoms with van der Waals surface area (Å²) in [4.78, 5) is 7.54. The zero-order valence-electron chi connectivity index (χ0n) is 14.7. The van der Waals surface area contributed by atoms with Gasteiger partial charge < -0.3 is 0 Å². The first kappa shape index (κ1) is 16.3. The third-order valence-corrected chi connectivity index (χ3v) is 8.12. The Bertz CT molecular complexity index is 748. The van der Waals surface area contributed by atoms with Gasteiger partial charge in [-0.3, -0.25) is 4.90 Å². The van der Waals surface area contributed by atoms with Crippen LogP contribution in [0.25, 0.3) is 10.6 Å². The molecular weight excluding hydrogens is 348 g/mol. The number of nitrogens with zero attached hydrogens (tertiary/aromatic N) is 2. The monoisotopic (exact) mass is 372 g/mol. The minimum Gasteiger partial charge on any atom is -0.295 e. The zero-order valence-corrected chi connectivity index (χ0v) is 16.3. The first-order valence-corrected chi connectivity index (χ1v) is 10.8. The van der Waals surface area contributed by atoms with E-state index >= 15 is 0 Å². The van der Waals surface area contributed by atoms with E-state index in [0.29, 0.717) is 5.54 Å². The minimum atomic E-state index is 0.447. The summed E-state index contributed by atoms with van der Waals surface area (Å²) < 4.78 is 0. The van der Waals surface area contributed by atoms with E-state index in [9.17, 15) is 0 Å². The molecule has 4 aliphatic carbocycles. The van der Waals surface area contributed by atoms with Gasteiger partial charge in [0.25, 0.3) is 0 Å². The molecule has 1 heterocycles. The van der Waals surface area contributed by atoms with Gasteiger partial charge in [0.05, 0.1) is 10.7 Å². The molecule has 6 rings (SSSR count). The number of hydrogen-bond acceptors (Lipinski definition) is 3. The summed E-state index contributed by atoms with van der Waals surface area (Å²) in [5.74, 6) is 2.97. The molecule has 0 amide bonds. The van der Waals surface area contributed by atoms with Crippen LogP contribution in [0.15, 0.2) is 29.6 Å². The highest BCUT2D eigenvalue weighted by molar-refractivity contribution is 7.13. The summed E-state index contributed by atoms with van der Waals surface area (Å²) >= 11 is 8.05. The van der Waals surface area contributed by atoms with Gasteiger partial charge in [0, 0.05) is 23.0 Å². The second-order valence-corrected chi connectivity index (χ2v) is 9.89. The van der Waals surface area contributed by atoms with Crippen molar-refractivity contribution < 1.29 is 0 Å². The lowest BCUT2D eigenvalue weighted by atomic mass is 9.52. The average molecular weight is 373 g/mol. The van der Waals surface area contributed by atoms with Crippen molar-refractivity contribution in [1.29, 1.82) is 0 Å². The molecule has 2 nitrogen and oxygen atoms in total. The van der Waals surface area contributed by atoms with Crippen molar-refractivity contribution in [2.75, 3.05) is 7.05 Å². The average Bonchev–Trinajstić information content (AvgIpc) is 3.02. The van der Waals surface area contributed by atoms with Crippen LogP contribution in [0.2, 0.25) is 5.02 Å². The van der Waals surface area contributed by atoms with Crippen molar-refractivity contribution >= 4 is 22.9 Å². The summed E-state index contributed by atoms with van der Waals surface area (Å²) in [5, 5.41) is 4.05. The highest BCUT2D eigenvalue weighted by Crippen LogP contribution is 2.57. The Balaban J connectivity index is 1.35. The molecule has 25 heavy (non-hydrogen) atoms. The molecule has 132 valence electrons. The van der Waals surface area contributed by atoms with Crippen LogP contribution in [0.1, 0.15) is 44.2 Å². The Hall–Kier alpha value is -0.900. The fraction of sp³-hybridized carbons (Fsp3) is 0.571. The summed E-state index contributed by atoms with van der Waals surface area (Å²) in [6.07, 6.45) is 8.74. The third-order valence-electron chi connectivity index (χ3n) is 6.87. The van der Waals surface area contributed by atoms with E-state index in [0.717, 1.165) is 39.9 Å². The lowest BCUT2D eigenvalue weighted by Crippen LogP contribution is -2.58. The molecule has 0 unspecified atom stereocenters. The van der Waals surface area contributed by atoms with Crippen LogP contribution in [-0.2, 0) is 6.54 Å². The summed E-state index contributed by atoms with van der Waals surface area (Å²) in [6, 6.07) is 8.01. The molecule has 0 atom stereocenters. The van der Waals surface area contributed by atoms with Gasteiger partial charge in [0.2, 0.25) is 0 Å². The SMILES string of the molecule is CN(Cc1csc(-c2ccccc2Cl)n1)C12CC3CC(CC(C3)C1)C2. The van der Waals surface area contributed by atoms with E-state index in [1.165, 1.54) is 44.2 Å². The van der Waals surface area contributed by atoms with E-state index in [-0.39, 0.29) is 0 Å². The molecular formula is C21H25ClN2S. The number of thiazole rings is 1. The lowest BCUT2D eigenvalue weighted by molar-refractivity contribution is -0.0824. The summed E-state index contributed by atoms with van der Waals surface area (Å²) in [5.41, 5.74) is 2.69. The topological polar surface area (TPSA) is 16.1 Å². The quantitative estimate of drug-likeness (QED) is 0.667. The van der Waals surface area contributed by atoms with E-state index in [4.69, 9.17) is 16.6 Å². The van der Waals surface area contributed by atoms with E-state index in [1.807, 2.05) is 18.2 Å². The minimum absolute atomic E-state index is 0.447. The van der Waals surface area contributed by atoms with Crippen LogP contribution in [0.5, 0.6) is 0 Å². The Labute approximate surface area is 159 Å². The third kappa shape index (κ3) is 2.85. The van der Waals surface area contributed by atoms with Crippen molar-refractivity contribution in [1.82, 2.24) is 9.88 Å². The number of hydrogen-bond donors (Lipinski definition) is 0. The van der Waals surface area contributed by atoms with Crippen molar-refractivity contribution in [3.8, 4) is 10.6 Å². The Kier molecular flexibility index (Phi) is 3.96. The predicted octanol–water partition coefficient (Wildman–Crippen LogP) is 5.86. The maximum Gasteiger partial charge on any atom is 0.125 e. The van der Waals surface area contributed by atoms with Crippen LogP contribution in [0, 0.1) is 17.8 Å². The van der Waals surface area contributed by atoms with E-state index in [1.54, 1.807) is 11.3 Å². The van der Waals surface area contributed by atoms with Crippen LogP contribution in [0.4, 0.5) is 0 Å². The molecule has 4 aliphatic rings. The molecule has 0 radical (unpaired) electrons. The second-order valence-electron chi connectivity index (χ2n) is 8.62. The van der Waals surface area contributed by atoms with Gasteiger partial charge in [-0.2, -0.15) is 0 Å². The van der Waals surface area contributed by atoms with Crippen LogP contribution >= 0.6 is 22.9 Å². The van der Waals surface area contributed by atoms with Gasteiger partial charge >= 0.3 is 0 Å². The molecule has 4 bridgehead atoms. The number of rotatable bonds is 4. The maximum absolute atomic E-state index is 6.34. The first-order chi connectivity index (χ1) is 12.1. The predicted molar refractivity (Wildman–Crippen MR) is 105 cm³/mol. The highest BCUT2D eigenvalue weighted by Gasteiger charge is 2.52. The molecule has 0 aliphatic heterocycles. The van der Waals surface area contributed by atoms with Crippen LogP contribution in [0.3, 0.4) is 0 Å². The smallest absolute Gasteiger partial charge is 0.125 e. The summed E-state index contributed by atoms with van der Waals surface area (Å²) in [6.45, 7) is 0.965. The Morgan fingerprint density at radius 3 is 2.40 bits per heavy atom. The van der Waals surface area contributed by atoms with Crippen molar-refractivity contribution in [2.24, 2.45) is 17.8 Å². The normalized spacial score (nSPS) is 33.3. The van der Waals surface area contributed by atoms with E-state index in [2.05, 4.69) is 23.4 Å². The van der Waals surface area contributed by atoms with Gasteiger partial charge in [-0.05, 0) is 69.4 Å². The highest BCUT2D eigenvalue weighted by atomic mass is 35.5. The van der Waals surface area contributed by atoms with Gasteiger partial charge in [-0.25, -0.2) is 4.98 Å². The van der Waals surface area contributed by atoms with Crippen molar-refractivity contribution in [3.05, 3.63) is 40.4 Å². The van der Waals surface area contributed by atoms with Crippen LogP contribution in [-0.4, -0.2) is 22.5 Å². The van der Waals surface area contributed by atoms with Gasteiger partial charge in [-0.15, -0.1) is 11.3 Å². The molecule has 0 saturated heterocycles. The van der Waals surface area contributed by atoms with Crippen LogP contribution < -0.4 is 0 Å². The Morgan fingerprint density at radius 1 is 1.12 bits per heavy atom. The first-order valence-electron chi connectivity index (χ1n) is 9.52. The molecule has 0 spiro atoms. The molecule has 1 aromatic carbocycles. The molecule has 4 heteroatoms. The van der Waals surface area contributed by atoms with Crippen molar-refractivity contribution in [3.63, 3.8) is 0 Å². The zero-order chi connectivity index (χ0) is 17.0. The number of benzene rings is 1. The van der Waals surface area contributed by atoms with Crippen molar-refractivity contribution in [2.45, 2.75) is 50.6 Å². The molecule has 4 saturated carbocycles. The number of aromatic nitrogens is 1. The fourth-order valence-corrected chi connectivity index (χ4v) is 7.21. The van der Waals surface area contributed by atoms with E-state index < -0.39 is 0 Å². The van der Waals surface area contributed by atoms with Gasteiger partial charge in [0.15, 0.2) is 0 Å². The van der Waals surface area contributed by atoms with Gasteiger partial charge in [-0.1, -0.05) is 29.8 Å². The lowest BCUT2D eigenvalue weighted by Gasteiger charge is -2.60. The largest absolute Gasteiger partial charge is 0.295 e.